The second kappa shape index (κ2) is 5.71. The van der Waals surface area contributed by atoms with E-state index >= 15 is 0 Å². The molecule has 0 atom stereocenters. The maximum absolute atomic E-state index is 13.9. The molecule has 0 aliphatic carbocycles. The smallest absolute Gasteiger partial charge is 0.264 e. The summed E-state index contributed by atoms with van der Waals surface area (Å²) < 4.78 is 40.5. The minimum absolute atomic E-state index is 0.0308. The average Bonchev–Trinajstić information content (AvgIpc) is 2.39. The van der Waals surface area contributed by atoms with Crippen molar-refractivity contribution in [3.63, 3.8) is 0 Å². The molecule has 0 aromatic heterocycles. The highest BCUT2D eigenvalue weighted by molar-refractivity contribution is 7.92. The predicted molar refractivity (Wildman–Crippen MR) is 82.8 cm³/mol. The van der Waals surface area contributed by atoms with Gasteiger partial charge in [-0.2, -0.15) is 0 Å². The second-order valence-corrected chi connectivity index (χ2v) is 6.78. The van der Waals surface area contributed by atoms with Crippen molar-refractivity contribution in [2.24, 2.45) is 0 Å². The van der Waals surface area contributed by atoms with Crippen LogP contribution in [0.4, 0.5) is 15.8 Å². The van der Waals surface area contributed by atoms with Crippen molar-refractivity contribution in [2.75, 3.05) is 10.5 Å². The molecule has 112 valence electrons. The summed E-state index contributed by atoms with van der Waals surface area (Å²) in [5, 5.41) is 0.212. The van der Waals surface area contributed by atoms with Gasteiger partial charge in [0, 0.05) is 5.69 Å². The fourth-order valence-electron chi connectivity index (χ4n) is 1.66. The topological polar surface area (TPSA) is 72.2 Å². The first-order valence-electron chi connectivity index (χ1n) is 5.75. The van der Waals surface area contributed by atoms with Crippen molar-refractivity contribution in [3.05, 3.63) is 51.8 Å². The van der Waals surface area contributed by atoms with Crippen LogP contribution in [0.25, 0.3) is 0 Å². The standard InChI is InChI=1S/C13H11Cl2FN2O2S/c1-7-5-9(16)12(6-10(7)17)21(19,20)18-11-4-2-3-8(14)13(11)15/h2-6,18H,17H2,1H3. The quantitative estimate of drug-likeness (QED) is 0.828. The lowest BCUT2D eigenvalue weighted by molar-refractivity contribution is 0.570. The number of rotatable bonds is 3. The lowest BCUT2D eigenvalue weighted by atomic mass is 10.2. The van der Waals surface area contributed by atoms with Crippen LogP contribution < -0.4 is 10.5 Å². The molecule has 21 heavy (non-hydrogen) atoms. The third-order valence-electron chi connectivity index (χ3n) is 2.81. The van der Waals surface area contributed by atoms with Crippen LogP contribution in [0, 0.1) is 12.7 Å². The summed E-state index contributed by atoms with van der Waals surface area (Å²) >= 11 is 11.7. The molecule has 8 heteroatoms. The zero-order valence-corrected chi connectivity index (χ0v) is 13.2. The molecule has 0 radical (unpaired) electrons. The summed E-state index contributed by atoms with van der Waals surface area (Å²) in [5.74, 6) is -0.896. The van der Waals surface area contributed by atoms with Gasteiger partial charge in [-0.3, -0.25) is 4.72 Å². The highest BCUT2D eigenvalue weighted by Gasteiger charge is 2.22. The summed E-state index contributed by atoms with van der Waals surface area (Å²) in [5.41, 5.74) is 6.31. The summed E-state index contributed by atoms with van der Waals surface area (Å²) in [6, 6.07) is 6.56. The van der Waals surface area contributed by atoms with E-state index in [0.29, 0.717) is 5.56 Å². The van der Waals surface area contributed by atoms with Crippen LogP contribution in [-0.2, 0) is 10.0 Å². The molecule has 0 saturated heterocycles. The monoisotopic (exact) mass is 348 g/mol. The molecule has 3 N–H and O–H groups in total. The molecule has 2 rings (SSSR count). The van der Waals surface area contributed by atoms with E-state index in [2.05, 4.69) is 4.72 Å². The van der Waals surface area contributed by atoms with Crippen molar-refractivity contribution in [2.45, 2.75) is 11.8 Å². The molecular formula is C13H11Cl2FN2O2S. The van der Waals surface area contributed by atoms with Gasteiger partial charge in [0.2, 0.25) is 0 Å². The summed E-state index contributed by atoms with van der Waals surface area (Å²) in [6.07, 6.45) is 0. The predicted octanol–water partition coefficient (Wildman–Crippen LogP) is 3.82. The molecule has 0 heterocycles. The van der Waals surface area contributed by atoms with E-state index < -0.39 is 20.7 Å². The summed E-state index contributed by atoms with van der Waals surface area (Å²) in [6.45, 7) is 1.58. The Hall–Kier alpha value is -1.50. The van der Waals surface area contributed by atoms with Crippen molar-refractivity contribution < 1.29 is 12.8 Å². The molecule has 0 unspecified atom stereocenters. The van der Waals surface area contributed by atoms with Crippen LogP contribution in [0.2, 0.25) is 10.0 Å². The number of nitrogen functional groups attached to an aromatic ring is 1. The number of nitrogens with two attached hydrogens (primary N) is 1. The molecule has 0 bridgehead atoms. The maximum atomic E-state index is 13.9. The Balaban J connectivity index is 2.48. The minimum Gasteiger partial charge on any atom is -0.398 e. The molecule has 0 fully saturated rings. The van der Waals surface area contributed by atoms with Gasteiger partial charge in [0.1, 0.15) is 10.7 Å². The van der Waals surface area contributed by atoms with Gasteiger partial charge in [-0.25, -0.2) is 12.8 Å². The van der Waals surface area contributed by atoms with Gasteiger partial charge in [0.25, 0.3) is 10.0 Å². The van der Waals surface area contributed by atoms with E-state index in [-0.39, 0.29) is 21.4 Å². The number of nitrogens with one attached hydrogen (secondary N) is 1. The van der Waals surface area contributed by atoms with Crippen LogP contribution in [0.3, 0.4) is 0 Å². The van der Waals surface area contributed by atoms with E-state index in [0.717, 1.165) is 12.1 Å². The summed E-state index contributed by atoms with van der Waals surface area (Å²) in [7, 11) is -4.17. The molecule has 0 aliphatic rings. The minimum atomic E-state index is -4.17. The lowest BCUT2D eigenvalue weighted by Gasteiger charge is -2.12. The SMILES string of the molecule is Cc1cc(F)c(S(=O)(=O)Nc2cccc(Cl)c2Cl)cc1N. The van der Waals surface area contributed by atoms with E-state index in [1.54, 1.807) is 6.92 Å². The molecule has 2 aromatic rings. The van der Waals surface area contributed by atoms with Gasteiger partial charge in [-0.05, 0) is 36.8 Å². The number of aryl methyl sites for hydroxylation is 1. The Morgan fingerprint density at radius 2 is 1.90 bits per heavy atom. The van der Waals surface area contributed by atoms with Crippen LogP contribution >= 0.6 is 23.2 Å². The Morgan fingerprint density at radius 3 is 2.57 bits per heavy atom. The largest absolute Gasteiger partial charge is 0.398 e. The van der Waals surface area contributed by atoms with Gasteiger partial charge in [-0.15, -0.1) is 0 Å². The van der Waals surface area contributed by atoms with Crippen LogP contribution in [-0.4, -0.2) is 8.42 Å². The van der Waals surface area contributed by atoms with Gasteiger partial charge < -0.3 is 5.73 Å². The Labute approximate surface area is 131 Å². The average molecular weight is 349 g/mol. The molecule has 2 aromatic carbocycles. The third-order valence-corrected chi connectivity index (χ3v) is 5.01. The van der Waals surface area contributed by atoms with Crippen LogP contribution in [0.1, 0.15) is 5.56 Å². The van der Waals surface area contributed by atoms with E-state index in [1.165, 1.54) is 18.2 Å². The molecule has 0 saturated carbocycles. The van der Waals surface area contributed by atoms with Gasteiger partial charge >= 0.3 is 0 Å². The number of hydrogen-bond donors (Lipinski definition) is 2. The second-order valence-electron chi connectivity index (χ2n) is 4.35. The van der Waals surface area contributed by atoms with E-state index in [4.69, 9.17) is 28.9 Å². The van der Waals surface area contributed by atoms with Crippen molar-refractivity contribution in [3.8, 4) is 0 Å². The highest BCUT2D eigenvalue weighted by atomic mass is 35.5. The number of hydrogen-bond acceptors (Lipinski definition) is 3. The maximum Gasteiger partial charge on any atom is 0.264 e. The van der Waals surface area contributed by atoms with Gasteiger partial charge in [0.05, 0.1) is 15.7 Å². The number of anilines is 2. The van der Waals surface area contributed by atoms with Crippen LogP contribution in [0.15, 0.2) is 35.2 Å². The first-order valence-corrected chi connectivity index (χ1v) is 7.99. The molecule has 0 aliphatic heterocycles. The first-order chi connectivity index (χ1) is 9.72. The Bertz CT molecular complexity index is 810. The molecule has 0 spiro atoms. The number of halogens is 3. The van der Waals surface area contributed by atoms with Crippen molar-refractivity contribution >= 4 is 44.6 Å². The van der Waals surface area contributed by atoms with E-state index in [1.807, 2.05) is 0 Å². The Morgan fingerprint density at radius 1 is 1.24 bits per heavy atom. The zero-order valence-electron chi connectivity index (χ0n) is 10.8. The molecule has 0 amide bonds. The third kappa shape index (κ3) is 3.23. The Kier molecular flexibility index (Phi) is 4.32. The lowest BCUT2D eigenvalue weighted by Crippen LogP contribution is -2.15. The fourth-order valence-corrected chi connectivity index (χ4v) is 3.23. The van der Waals surface area contributed by atoms with Crippen molar-refractivity contribution in [1.82, 2.24) is 0 Å². The zero-order chi connectivity index (χ0) is 15.8. The first kappa shape index (κ1) is 15.9. The van der Waals surface area contributed by atoms with Crippen molar-refractivity contribution in [1.29, 1.82) is 0 Å². The molecule has 4 nitrogen and oxygen atoms in total. The number of sulfonamides is 1. The van der Waals surface area contributed by atoms with Gasteiger partial charge in [-0.1, -0.05) is 29.3 Å². The normalized spacial score (nSPS) is 11.4. The van der Waals surface area contributed by atoms with Gasteiger partial charge in [0.15, 0.2) is 0 Å². The fraction of sp³-hybridized carbons (Fsp3) is 0.0769. The van der Waals surface area contributed by atoms with Crippen LogP contribution in [0.5, 0.6) is 0 Å². The van der Waals surface area contributed by atoms with E-state index in [9.17, 15) is 12.8 Å². The molecular weight excluding hydrogens is 338 g/mol. The highest BCUT2D eigenvalue weighted by Crippen LogP contribution is 2.32. The number of benzene rings is 2. The summed E-state index contributed by atoms with van der Waals surface area (Å²) in [4.78, 5) is -0.554.